The van der Waals surface area contributed by atoms with E-state index in [4.69, 9.17) is 4.74 Å². The van der Waals surface area contributed by atoms with E-state index in [1.54, 1.807) is 24.3 Å². The lowest BCUT2D eigenvalue weighted by Gasteiger charge is -2.16. The van der Waals surface area contributed by atoms with E-state index in [-0.39, 0.29) is 16.3 Å². The van der Waals surface area contributed by atoms with Crippen molar-refractivity contribution in [2.45, 2.75) is 17.7 Å². The number of benzene rings is 1. The molecule has 0 atom stereocenters. The van der Waals surface area contributed by atoms with Gasteiger partial charge in [-0.25, -0.2) is 18.2 Å². The highest BCUT2D eigenvalue weighted by atomic mass is 32.2. The Hall–Kier alpha value is -2.45. The molecule has 1 aliphatic heterocycles. The molecule has 0 amide bonds. The van der Waals surface area contributed by atoms with Crippen LogP contribution in [0, 0.1) is 0 Å². The van der Waals surface area contributed by atoms with Crippen LogP contribution < -0.4 is 4.74 Å². The summed E-state index contributed by atoms with van der Waals surface area (Å²) >= 11 is 0. The molecule has 1 saturated heterocycles. The van der Waals surface area contributed by atoms with E-state index in [1.807, 2.05) is 0 Å². The van der Waals surface area contributed by atoms with E-state index in [0.717, 1.165) is 12.8 Å². The van der Waals surface area contributed by atoms with Gasteiger partial charge in [0.05, 0.1) is 12.0 Å². The molecular weight excluding hydrogens is 344 g/mol. The molecule has 132 valence electrons. The molecule has 3 rings (SSSR count). The van der Waals surface area contributed by atoms with Gasteiger partial charge in [0.25, 0.3) is 0 Å². The Balaban J connectivity index is 2.02. The van der Waals surface area contributed by atoms with E-state index in [2.05, 4.69) is 4.98 Å². The molecule has 0 aliphatic carbocycles. The van der Waals surface area contributed by atoms with E-state index in [9.17, 15) is 18.3 Å². The first-order valence-electron chi connectivity index (χ1n) is 7.81. The first kappa shape index (κ1) is 17.4. The lowest BCUT2D eigenvalue weighted by molar-refractivity contribution is 0.0692. The van der Waals surface area contributed by atoms with Gasteiger partial charge in [-0.15, -0.1) is 0 Å². The van der Waals surface area contributed by atoms with E-state index in [1.165, 1.54) is 23.7 Å². The minimum absolute atomic E-state index is 0.0112. The van der Waals surface area contributed by atoms with Crippen LogP contribution in [0.2, 0.25) is 0 Å². The van der Waals surface area contributed by atoms with Gasteiger partial charge in [-0.05, 0) is 36.6 Å². The normalized spacial score (nSPS) is 15.2. The number of hydrogen-bond acceptors (Lipinski definition) is 5. The lowest BCUT2D eigenvalue weighted by atomic mass is 10.1. The molecule has 0 spiro atoms. The van der Waals surface area contributed by atoms with Crippen molar-refractivity contribution in [3.8, 4) is 17.0 Å². The lowest BCUT2D eigenvalue weighted by Crippen LogP contribution is -2.27. The summed E-state index contributed by atoms with van der Waals surface area (Å²) in [5.74, 6) is -1.15. The molecule has 8 heteroatoms. The van der Waals surface area contributed by atoms with Crippen LogP contribution >= 0.6 is 0 Å². The van der Waals surface area contributed by atoms with Crippen LogP contribution in [-0.2, 0) is 10.0 Å². The number of carboxylic acids is 1. The minimum atomic E-state index is -3.54. The van der Waals surface area contributed by atoms with Crippen molar-refractivity contribution in [3.63, 3.8) is 0 Å². The quantitative estimate of drug-likeness (QED) is 0.876. The maximum atomic E-state index is 12.7. The van der Waals surface area contributed by atoms with Crippen LogP contribution in [-0.4, -0.2) is 49.0 Å². The highest BCUT2D eigenvalue weighted by Gasteiger charge is 2.27. The Morgan fingerprint density at radius 1 is 1.20 bits per heavy atom. The molecule has 0 unspecified atom stereocenters. The van der Waals surface area contributed by atoms with Crippen LogP contribution in [0.15, 0.2) is 41.4 Å². The average molecular weight is 362 g/mol. The molecule has 1 aromatic heterocycles. The van der Waals surface area contributed by atoms with Gasteiger partial charge in [-0.2, -0.15) is 4.31 Å². The van der Waals surface area contributed by atoms with Gasteiger partial charge < -0.3 is 9.84 Å². The summed E-state index contributed by atoms with van der Waals surface area (Å²) in [6.45, 7) is 1.06. The molecule has 2 heterocycles. The zero-order valence-corrected chi connectivity index (χ0v) is 14.5. The second kappa shape index (κ2) is 6.81. The van der Waals surface area contributed by atoms with Crippen molar-refractivity contribution in [2.24, 2.45) is 0 Å². The van der Waals surface area contributed by atoms with Crippen LogP contribution in [0.4, 0.5) is 0 Å². The van der Waals surface area contributed by atoms with Gasteiger partial charge in [0.15, 0.2) is 0 Å². The summed E-state index contributed by atoms with van der Waals surface area (Å²) in [6, 6.07) is 7.88. The molecule has 0 radical (unpaired) electrons. The van der Waals surface area contributed by atoms with Crippen molar-refractivity contribution in [3.05, 3.63) is 42.1 Å². The maximum Gasteiger partial charge on any atom is 0.341 e. The first-order chi connectivity index (χ1) is 11.9. The summed E-state index contributed by atoms with van der Waals surface area (Å²) < 4.78 is 31.8. The number of carboxylic acid groups (broad SMARTS) is 1. The number of nitrogens with zero attached hydrogens (tertiary/aromatic N) is 2. The van der Waals surface area contributed by atoms with Gasteiger partial charge >= 0.3 is 5.97 Å². The number of ether oxygens (including phenoxy) is 1. The Morgan fingerprint density at radius 3 is 2.56 bits per heavy atom. The number of aromatic nitrogens is 1. The molecule has 1 fully saturated rings. The van der Waals surface area contributed by atoms with Gasteiger partial charge in [-0.3, -0.25) is 0 Å². The zero-order chi connectivity index (χ0) is 18.0. The van der Waals surface area contributed by atoms with Crippen molar-refractivity contribution in [1.29, 1.82) is 0 Å². The molecular formula is C17H18N2O5S. The largest absolute Gasteiger partial charge is 0.480 e. The van der Waals surface area contributed by atoms with Crippen LogP contribution in [0.5, 0.6) is 5.88 Å². The van der Waals surface area contributed by atoms with E-state index >= 15 is 0 Å². The van der Waals surface area contributed by atoms with Crippen molar-refractivity contribution in [2.75, 3.05) is 20.2 Å². The highest BCUT2D eigenvalue weighted by molar-refractivity contribution is 7.89. The van der Waals surface area contributed by atoms with Crippen molar-refractivity contribution >= 4 is 16.0 Å². The van der Waals surface area contributed by atoms with Gasteiger partial charge in [0.1, 0.15) is 5.56 Å². The number of carbonyl (C=O) groups is 1. The number of aromatic carboxylic acids is 1. The average Bonchev–Trinajstić information content (AvgIpc) is 3.16. The SMILES string of the molecule is COc1ncc(-c2cccc(S(=O)(=O)N3CCCC3)c2)cc1C(=O)O. The Morgan fingerprint density at radius 2 is 1.92 bits per heavy atom. The van der Waals surface area contributed by atoms with Crippen LogP contribution in [0.25, 0.3) is 11.1 Å². The van der Waals surface area contributed by atoms with E-state index in [0.29, 0.717) is 24.2 Å². The number of sulfonamides is 1. The smallest absolute Gasteiger partial charge is 0.341 e. The van der Waals surface area contributed by atoms with Crippen LogP contribution in [0.1, 0.15) is 23.2 Å². The molecule has 1 N–H and O–H groups in total. The van der Waals surface area contributed by atoms with Gasteiger partial charge in [0, 0.05) is 24.8 Å². The third kappa shape index (κ3) is 3.35. The van der Waals surface area contributed by atoms with Gasteiger partial charge in [-0.1, -0.05) is 12.1 Å². The first-order valence-corrected chi connectivity index (χ1v) is 9.25. The summed E-state index contributed by atoms with van der Waals surface area (Å²) in [5.41, 5.74) is 1.02. The molecule has 0 saturated carbocycles. The molecule has 7 nitrogen and oxygen atoms in total. The monoisotopic (exact) mass is 362 g/mol. The fraction of sp³-hybridized carbons (Fsp3) is 0.294. The predicted octanol–water partition coefficient (Wildman–Crippen LogP) is 2.24. The van der Waals surface area contributed by atoms with Crippen molar-refractivity contribution < 1.29 is 23.1 Å². The molecule has 2 aromatic rings. The van der Waals surface area contributed by atoms with Gasteiger partial charge in [0.2, 0.25) is 15.9 Å². The Labute approximate surface area is 145 Å². The van der Waals surface area contributed by atoms with Crippen LogP contribution in [0.3, 0.4) is 0 Å². The number of methoxy groups -OCH3 is 1. The number of hydrogen-bond donors (Lipinski definition) is 1. The number of rotatable bonds is 5. The third-order valence-electron chi connectivity index (χ3n) is 4.15. The fourth-order valence-electron chi connectivity index (χ4n) is 2.84. The third-order valence-corrected chi connectivity index (χ3v) is 6.04. The maximum absolute atomic E-state index is 12.7. The molecule has 1 aromatic carbocycles. The minimum Gasteiger partial charge on any atom is -0.480 e. The molecule has 0 bridgehead atoms. The molecule has 1 aliphatic rings. The topological polar surface area (TPSA) is 96.8 Å². The zero-order valence-electron chi connectivity index (χ0n) is 13.7. The Kier molecular flexibility index (Phi) is 4.73. The van der Waals surface area contributed by atoms with Crippen molar-refractivity contribution in [1.82, 2.24) is 9.29 Å². The second-order valence-corrected chi connectivity index (χ2v) is 7.66. The standard InChI is InChI=1S/C17H18N2O5S/c1-24-16-15(17(20)21)10-13(11-18-16)12-5-4-6-14(9-12)25(22,23)19-7-2-3-8-19/h4-6,9-11H,2-3,7-8H2,1H3,(H,20,21). The second-order valence-electron chi connectivity index (χ2n) is 5.73. The number of pyridine rings is 1. The fourth-order valence-corrected chi connectivity index (χ4v) is 4.40. The summed E-state index contributed by atoms with van der Waals surface area (Å²) in [5, 5.41) is 9.27. The molecule has 25 heavy (non-hydrogen) atoms. The Bertz CT molecular complexity index is 905. The summed E-state index contributed by atoms with van der Waals surface area (Å²) in [7, 11) is -2.19. The summed E-state index contributed by atoms with van der Waals surface area (Å²) in [6.07, 6.45) is 3.19. The highest BCUT2D eigenvalue weighted by Crippen LogP contribution is 2.28. The predicted molar refractivity (Wildman–Crippen MR) is 91.2 cm³/mol. The summed E-state index contributed by atoms with van der Waals surface area (Å²) in [4.78, 5) is 15.5. The van der Waals surface area contributed by atoms with E-state index < -0.39 is 16.0 Å².